The zero-order chi connectivity index (χ0) is 15.6. The van der Waals surface area contributed by atoms with Gasteiger partial charge in [-0.15, -0.1) is 0 Å². The summed E-state index contributed by atoms with van der Waals surface area (Å²) >= 11 is 17.7. The van der Waals surface area contributed by atoms with Crippen LogP contribution in [0.3, 0.4) is 0 Å². The van der Waals surface area contributed by atoms with Crippen molar-refractivity contribution in [1.29, 1.82) is 0 Å². The molecule has 0 spiro atoms. The Labute approximate surface area is 138 Å². The highest BCUT2D eigenvalue weighted by molar-refractivity contribution is 7.90. The van der Waals surface area contributed by atoms with E-state index in [0.29, 0.717) is 22.2 Å². The Kier molecular flexibility index (Phi) is 5.17. The van der Waals surface area contributed by atoms with Crippen LogP contribution in [-0.2, 0) is 22.1 Å². The molecule has 0 saturated carbocycles. The third-order valence-corrected chi connectivity index (χ3v) is 5.70. The Morgan fingerprint density at radius 3 is 2.19 bits per heavy atom. The van der Waals surface area contributed by atoms with Crippen molar-refractivity contribution in [3.8, 4) is 0 Å². The van der Waals surface area contributed by atoms with Crippen molar-refractivity contribution in [2.24, 2.45) is 5.73 Å². The number of nitrogens with two attached hydrogens (primary N) is 1. The second kappa shape index (κ2) is 6.55. The lowest BCUT2D eigenvalue weighted by atomic mass is 10.1. The summed E-state index contributed by atoms with van der Waals surface area (Å²) in [6.45, 7) is 0.347. The molecule has 0 aromatic heterocycles. The maximum atomic E-state index is 12.4. The molecule has 0 fully saturated rings. The fourth-order valence-corrected chi connectivity index (χ4v) is 3.91. The number of hydrogen-bond acceptors (Lipinski definition) is 3. The SMILES string of the molecule is NCc1ccc(CS(=O)(=O)c2ccc(Cl)c(Cl)c2)c(Cl)c1. The van der Waals surface area contributed by atoms with Gasteiger partial charge in [0.25, 0.3) is 0 Å². The van der Waals surface area contributed by atoms with Crippen LogP contribution >= 0.6 is 34.8 Å². The lowest BCUT2D eigenvalue weighted by molar-refractivity contribution is 0.595. The van der Waals surface area contributed by atoms with E-state index in [1.165, 1.54) is 18.2 Å². The van der Waals surface area contributed by atoms with Gasteiger partial charge in [-0.05, 0) is 35.4 Å². The second-order valence-corrected chi connectivity index (χ2v) is 7.68. The minimum atomic E-state index is -3.55. The van der Waals surface area contributed by atoms with Crippen LogP contribution in [0.5, 0.6) is 0 Å². The highest BCUT2D eigenvalue weighted by Gasteiger charge is 2.18. The van der Waals surface area contributed by atoms with Gasteiger partial charge >= 0.3 is 0 Å². The molecule has 112 valence electrons. The minimum absolute atomic E-state index is 0.107. The molecule has 0 heterocycles. The zero-order valence-corrected chi connectivity index (χ0v) is 13.9. The summed E-state index contributed by atoms with van der Waals surface area (Å²) in [7, 11) is -3.55. The number of hydrogen-bond donors (Lipinski definition) is 1. The first-order chi connectivity index (χ1) is 9.83. The predicted molar refractivity (Wildman–Crippen MR) is 86.7 cm³/mol. The average molecular weight is 365 g/mol. The van der Waals surface area contributed by atoms with E-state index in [4.69, 9.17) is 40.5 Å². The van der Waals surface area contributed by atoms with Crippen LogP contribution in [0.1, 0.15) is 11.1 Å². The molecule has 0 amide bonds. The van der Waals surface area contributed by atoms with E-state index in [9.17, 15) is 8.42 Å². The fraction of sp³-hybridized carbons (Fsp3) is 0.143. The van der Waals surface area contributed by atoms with Gasteiger partial charge in [0.1, 0.15) is 0 Å². The maximum absolute atomic E-state index is 12.4. The summed E-state index contributed by atoms with van der Waals surface area (Å²) in [5.74, 6) is -0.214. The van der Waals surface area contributed by atoms with Crippen molar-refractivity contribution in [3.05, 3.63) is 62.6 Å². The Morgan fingerprint density at radius 1 is 0.905 bits per heavy atom. The molecule has 0 unspecified atom stereocenters. The highest BCUT2D eigenvalue weighted by Crippen LogP contribution is 2.28. The summed E-state index contributed by atoms with van der Waals surface area (Å²) in [5, 5.41) is 0.879. The third-order valence-electron chi connectivity index (χ3n) is 2.95. The van der Waals surface area contributed by atoms with Crippen molar-refractivity contribution in [2.75, 3.05) is 0 Å². The Bertz CT molecular complexity index is 776. The zero-order valence-electron chi connectivity index (χ0n) is 10.8. The van der Waals surface area contributed by atoms with Gasteiger partial charge in [0.05, 0.1) is 20.7 Å². The van der Waals surface area contributed by atoms with Crippen molar-refractivity contribution >= 4 is 44.6 Å². The molecular formula is C14H12Cl3NO2S. The number of benzene rings is 2. The van der Waals surface area contributed by atoms with Gasteiger partial charge in [0.15, 0.2) is 9.84 Å². The Hall–Kier alpha value is -0.780. The van der Waals surface area contributed by atoms with Gasteiger partial charge in [0, 0.05) is 11.6 Å². The molecule has 2 N–H and O–H groups in total. The molecule has 7 heteroatoms. The average Bonchev–Trinajstić information content (AvgIpc) is 2.43. The number of sulfone groups is 1. The van der Waals surface area contributed by atoms with Crippen LogP contribution in [0.25, 0.3) is 0 Å². The standard InChI is InChI=1S/C14H12Cl3NO2S/c15-12-4-3-11(6-14(12)17)21(19,20)8-10-2-1-9(7-18)5-13(10)16/h1-6H,7-8,18H2. The quantitative estimate of drug-likeness (QED) is 0.889. The monoisotopic (exact) mass is 363 g/mol. The molecule has 0 aliphatic carbocycles. The van der Waals surface area contributed by atoms with Crippen LogP contribution < -0.4 is 5.73 Å². The van der Waals surface area contributed by atoms with E-state index in [1.54, 1.807) is 18.2 Å². The van der Waals surface area contributed by atoms with E-state index < -0.39 is 9.84 Å². The van der Waals surface area contributed by atoms with Gasteiger partial charge in [-0.3, -0.25) is 0 Å². The first kappa shape index (κ1) is 16.6. The lowest BCUT2D eigenvalue weighted by Crippen LogP contribution is -2.06. The summed E-state index contributed by atoms with van der Waals surface area (Å²) in [6, 6.07) is 9.30. The van der Waals surface area contributed by atoms with E-state index in [-0.39, 0.29) is 15.7 Å². The molecule has 0 atom stereocenters. The van der Waals surface area contributed by atoms with Gasteiger partial charge in [0.2, 0.25) is 0 Å². The van der Waals surface area contributed by atoms with Crippen LogP contribution in [0, 0.1) is 0 Å². The Morgan fingerprint density at radius 2 is 1.62 bits per heavy atom. The molecule has 0 bridgehead atoms. The molecule has 2 rings (SSSR count). The number of rotatable bonds is 4. The molecule has 21 heavy (non-hydrogen) atoms. The number of halogens is 3. The molecule has 2 aromatic carbocycles. The van der Waals surface area contributed by atoms with E-state index in [2.05, 4.69) is 0 Å². The van der Waals surface area contributed by atoms with Crippen LogP contribution in [0.2, 0.25) is 15.1 Å². The van der Waals surface area contributed by atoms with Crippen molar-refractivity contribution in [3.63, 3.8) is 0 Å². The van der Waals surface area contributed by atoms with Crippen molar-refractivity contribution < 1.29 is 8.42 Å². The van der Waals surface area contributed by atoms with Gasteiger partial charge in [-0.25, -0.2) is 8.42 Å². The molecule has 0 saturated heterocycles. The third kappa shape index (κ3) is 3.90. The summed E-state index contributed by atoms with van der Waals surface area (Å²) in [4.78, 5) is 0.107. The lowest BCUT2D eigenvalue weighted by Gasteiger charge is -2.08. The van der Waals surface area contributed by atoms with Gasteiger partial charge in [-0.1, -0.05) is 46.9 Å². The first-order valence-corrected chi connectivity index (χ1v) is 8.77. The Balaban J connectivity index is 2.35. The molecular weight excluding hydrogens is 353 g/mol. The predicted octanol–water partition coefficient (Wildman–Crippen LogP) is 4.08. The van der Waals surface area contributed by atoms with Crippen molar-refractivity contribution in [1.82, 2.24) is 0 Å². The van der Waals surface area contributed by atoms with E-state index in [1.807, 2.05) is 0 Å². The molecule has 2 aromatic rings. The van der Waals surface area contributed by atoms with Crippen LogP contribution in [-0.4, -0.2) is 8.42 Å². The summed E-state index contributed by atoms with van der Waals surface area (Å²) in [5.41, 5.74) is 6.87. The van der Waals surface area contributed by atoms with Crippen LogP contribution in [0.15, 0.2) is 41.3 Å². The smallest absolute Gasteiger partial charge is 0.182 e. The van der Waals surface area contributed by atoms with E-state index in [0.717, 1.165) is 5.56 Å². The highest BCUT2D eigenvalue weighted by atomic mass is 35.5. The van der Waals surface area contributed by atoms with Gasteiger partial charge < -0.3 is 5.73 Å². The molecule has 0 aliphatic rings. The molecule has 0 aliphatic heterocycles. The van der Waals surface area contributed by atoms with Gasteiger partial charge in [-0.2, -0.15) is 0 Å². The fourth-order valence-electron chi connectivity index (χ4n) is 1.79. The summed E-state index contributed by atoms with van der Waals surface area (Å²) < 4.78 is 24.8. The molecule has 0 radical (unpaired) electrons. The van der Waals surface area contributed by atoms with Crippen molar-refractivity contribution in [2.45, 2.75) is 17.2 Å². The minimum Gasteiger partial charge on any atom is -0.326 e. The molecule has 3 nitrogen and oxygen atoms in total. The van der Waals surface area contributed by atoms with E-state index >= 15 is 0 Å². The van der Waals surface area contributed by atoms with Crippen LogP contribution in [0.4, 0.5) is 0 Å². The summed E-state index contributed by atoms with van der Waals surface area (Å²) in [6.07, 6.45) is 0. The largest absolute Gasteiger partial charge is 0.326 e. The maximum Gasteiger partial charge on any atom is 0.182 e. The topological polar surface area (TPSA) is 60.2 Å². The first-order valence-electron chi connectivity index (χ1n) is 5.98. The second-order valence-electron chi connectivity index (χ2n) is 4.46. The normalized spacial score (nSPS) is 11.6.